The molecule has 0 saturated carbocycles. The molecular weight excluding hydrogens is 196 g/mol. The summed E-state index contributed by atoms with van der Waals surface area (Å²) in [5, 5.41) is 12.9. The summed E-state index contributed by atoms with van der Waals surface area (Å²) in [5.74, 6) is 0.191. The molecule has 1 unspecified atom stereocenters. The van der Waals surface area contributed by atoms with E-state index in [1.54, 1.807) is 0 Å². The predicted octanol–water partition coefficient (Wildman–Crippen LogP) is 1.75. The molecule has 0 aromatic carbocycles. The quantitative estimate of drug-likeness (QED) is 0.576. The monoisotopic (exact) mass is 216 g/mol. The second kappa shape index (κ2) is 3.96. The lowest BCUT2D eigenvalue weighted by Gasteiger charge is -2.47. The second-order valence-corrected chi connectivity index (χ2v) is 5.49. The third kappa shape index (κ3) is 3.34. The van der Waals surface area contributed by atoms with E-state index < -0.39 is 5.09 Å². The maximum absolute atomic E-state index is 10.1. The summed E-state index contributed by atoms with van der Waals surface area (Å²) in [7, 11) is 0. The molecule has 1 saturated heterocycles. The van der Waals surface area contributed by atoms with Crippen LogP contribution in [0.3, 0.4) is 0 Å². The molecule has 0 aromatic rings. The maximum atomic E-state index is 10.1. The van der Waals surface area contributed by atoms with Crippen LogP contribution in [0.25, 0.3) is 0 Å². The van der Waals surface area contributed by atoms with Crippen molar-refractivity contribution in [3.05, 3.63) is 10.1 Å². The first-order valence-corrected chi connectivity index (χ1v) is 5.30. The van der Waals surface area contributed by atoms with Crippen LogP contribution >= 0.6 is 0 Å². The fourth-order valence-corrected chi connectivity index (χ4v) is 2.38. The van der Waals surface area contributed by atoms with E-state index >= 15 is 0 Å². The van der Waals surface area contributed by atoms with Crippen LogP contribution in [0.2, 0.25) is 0 Å². The number of nitrogens with zero attached hydrogens (tertiary/aromatic N) is 1. The molecule has 1 aliphatic rings. The van der Waals surface area contributed by atoms with Gasteiger partial charge in [-0.15, -0.1) is 10.1 Å². The average Bonchev–Trinajstić information content (AvgIpc) is 1.98. The Morgan fingerprint density at radius 3 is 2.53 bits per heavy atom. The van der Waals surface area contributed by atoms with Crippen LogP contribution in [-0.2, 0) is 4.84 Å². The van der Waals surface area contributed by atoms with Crippen molar-refractivity contribution in [1.29, 1.82) is 0 Å². The highest BCUT2D eigenvalue weighted by Crippen LogP contribution is 2.33. The van der Waals surface area contributed by atoms with Crippen LogP contribution in [-0.4, -0.2) is 22.8 Å². The molecular formula is C10H20N2O3. The largest absolute Gasteiger partial charge is 0.314 e. The lowest BCUT2D eigenvalue weighted by molar-refractivity contribution is -0.759. The molecule has 0 amide bonds. The Bertz CT molecular complexity index is 251. The van der Waals surface area contributed by atoms with Crippen LogP contribution in [0.1, 0.15) is 40.5 Å². The van der Waals surface area contributed by atoms with E-state index in [1.165, 1.54) is 0 Å². The van der Waals surface area contributed by atoms with Crippen LogP contribution in [0.15, 0.2) is 0 Å². The summed E-state index contributed by atoms with van der Waals surface area (Å²) in [5.41, 5.74) is -0.00756. The molecule has 1 N–H and O–H groups in total. The molecule has 0 aromatic heterocycles. The first-order valence-electron chi connectivity index (χ1n) is 5.30. The van der Waals surface area contributed by atoms with Gasteiger partial charge in [0.15, 0.2) is 0 Å². The number of hydrogen-bond acceptors (Lipinski definition) is 4. The summed E-state index contributed by atoms with van der Waals surface area (Å²) in [6, 6.07) is 0. The second-order valence-electron chi connectivity index (χ2n) is 5.49. The summed E-state index contributed by atoms with van der Waals surface area (Å²) >= 11 is 0. The summed E-state index contributed by atoms with van der Waals surface area (Å²) in [4.78, 5) is 14.6. The number of hydrogen-bond donors (Lipinski definition) is 1. The Morgan fingerprint density at radius 1 is 1.47 bits per heavy atom. The van der Waals surface area contributed by atoms with Gasteiger partial charge in [0.05, 0.1) is 0 Å². The summed E-state index contributed by atoms with van der Waals surface area (Å²) < 4.78 is 0. The standard InChI is InChI=1S/C10H20N2O3/c1-9(2)6-5-8(7-15-12(13)14)10(3,4)11-9/h8,11H,5-7H2,1-4H3. The van der Waals surface area contributed by atoms with Crippen molar-refractivity contribution >= 4 is 0 Å². The van der Waals surface area contributed by atoms with E-state index in [9.17, 15) is 10.1 Å². The van der Waals surface area contributed by atoms with Crippen molar-refractivity contribution in [2.75, 3.05) is 6.61 Å². The van der Waals surface area contributed by atoms with Gasteiger partial charge in [0.1, 0.15) is 6.61 Å². The first kappa shape index (κ1) is 12.2. The van der Waals surface area contributed by atoms with Crippen LogP contribution in [0, 0.1) is 16.0 Å². The van der Waals surface area contributed by atoms with E-state index in [-0.39, 0.29) is 23.6 Å². The topological polar surface area (TPSA) is 64.4 Å². The lowest BCUT2D eigenvalue weighted by Crippen LogP contribution is -2.60. The fourth-order valence-electron chi connectivity index (χ4n) is 2.38. The van der Waals surface area contributed by atoms with Crippen molar-refractivity contribution < 1.29 is 9.92 Å². The van der Waals surface area contributed by atoms with Crippen molar-refractivity contribution in [3.63, 3.8) is 0 Å². The first-order chi connectivity index (χ1) is 6.73. The van der Waals surface area contributed by atoms with E-state index in [2.05, 4.69) is 37.8 Å². The van der Waals surface area contributed by atoms with Gasteiger partial charge in [-0.3, -0.25) is 0 Å². The highest BCUT2D eigenvalue weighted by atomic mass is 16.9. The van der Waals surface area contributed by atoms with Crippen LogP contribution in [0.5, 0.6) is 0 Å². The zero-order valence-corrected chi connectivity index (χ0v) is 9.87. The minimum absolute atomic E-state index is 0.106. The van der Waals surface area contributed by atoms with Gasteiger partial charge in [-0.25, -0.2) is 0 Å². The van der Waals surface area contributed by atoms with E-state index in [1.807, 2.05) is 0 Å². The van der Waals surface area contributed by atoms with Gasteiger partial charge >= 0.3 is 0 Å². The van der Waals surface area contributed by atoms with E-state index in [0.717, 1.165) is 12.8 Å². The van der Waals surface area contributed by atoms with Gasteiger partial charge in [-0.2, -0.15) is 0 Å². The van der Waals surface area contributed by atoms with Gasteiger partial charge in [0, 0.05) is 17.0 Å². The van der Waals surface area contributed by atoms with Crippen LogP contribution in [0.4, 0.5) is 0 Å². The molecule has 1 fully saturated rings. The molecule has 15 heavy (non-hydrogen) atoms. The fraction of sp³-hybridized carbons (Fsp3) is 1.00. The van der Waals surface area contributed by atoms with Gasteiger partial charge in [0.25, 0.3) is 5.09 Å². The Hall–Kier alpha value is -0.840. The van der Waals surface area contributed by atoms with Gasteiger partial charge in [-0.05, 0) is 40.5 Å². The normalized spacial score (nSPS) is 28.4. The molecule has 0 radical (unpaired) electrons. The van der Waals surface area contributed by atoms with Crippen molar-refractivity contribution in [3.8, 4) is 0 Å². The minimum Gasteiger partial charge on any atom is -0.314 e. The molecule has 5 heteroatoms. The molecule has 1 atom stereocenters. The number of piperidine rings is 1. The zero-order valence-electron chi connectivity index (χ0n) is 9.87. The molecule has 1 heterocycles. The summed E-state index contributed by atoms with van der Waals surface area (Å²) in [6.45, 7) is 8.63. The SMILES string of the molecule is CC1(C)CCC(CO[N+](=O)[O-])C(C)(C)N1. The van der Waals surface area contributed by atoms with Gasteiger partial charge in [0.2, 0.25) is 0 Å². The Morgan fingerprint density at radius 2 is 2.07 bits per heavy atom. The molecule has 5 nitrogen and oxygen atoms in total. The highest BCUT2D eigenvalue weighted by Gasteiger charge is 2.39. The average molecular weight is 216 g/mol. The number of nitrogens with one attached hydrogen (secondary N) is 1. The maximum Gasteiger partial charge on any atom is 0.294 e. The summed E-state index contributed by atoms with van der Waals surface area (Å²) in [6.07, 6.45) is 1.98. The van der Waals surface area contributed by atoms with E-state index in [4.69, 9.17) is 0 Å². The zero-order chi connectivity index (χ0) is 11.7. The van der Waals surface area contributed by atoms with Crippen LogP contribution < -0.4 is 5.32 Å². The Labute approximate surface area is 90.3 Å². The molecule has 0 aliphatic carbocycles. The van der Waals surface area contributed by atoms with Crippen molar-refractivity contribution in [1.82, 2.24) is 5.32 Å². The van der Waals surface area contributed by atoms with Gasteiger partial charge in [-0.1, -0.05) is 0 Å². The minimum atomic E-state index is -0.712. The molecule has 1 aliphatic heterocycles. The number of rotatable bonds is 3. The third-order valence-electron chi connectivity index (χ3n) is 3.18. The molecule has 1 rings (SSSR count). The Kier molecular flexibility index (Phi) is 3.23. The lowest BCUT2D eigenvalue weighted by atomic mass is 9.75. The molecule has 0 spiro atoms. The van der Waals surface area contributed by atoms with E-state index in [0.29, 0.717) is 0 Å². The molecule has 0 bridgehead atoms. The predicted molar refractivity (Wildman–Crippen MR) is 57.0 cm³/mol. The smallest absolute Gasteiger partial charge is 0.294 e. The van der Waals surface area contributed by atoms with Crippen molar-refractivity contribution in [2.45, 2.75) is 51.6 Å². The Balaban J connectivity index is 2.56. The highest BCUT2D eigenvalue weighted by molar-refractivity contribution is 4.98. The van der Waals surface area contributed by atoms with Gasteiger partial charge < -0.3 is 10.2 Å². The molecule has 88 valence electrons. The third-order valence-corrected chi connectivity index (χ3v) is 3.18. The van der Waals surface area contributed by atoms with Crippen molar-refractivity contribution in [2.24, 2.45) is 5.92 Å².